The van der Waals surface area contributed by atoms with Crippen LogP contribution in [-0.4, -0.2) is 30.0 Å². The molecule has 1 N–H and O–H groups in total. The Kier molecular flexibility index (Phi) is 2.89. The van der Waals surface area contributed by atoms with E-state index in [4.69, 9.17) is 0 Å². The summed E-state index contributed by atoms with van der Waals surface area (Å²) in [6, 6.07) is 2.98. The van der Waals surface area contributed by atoms with Crippen LogP contribution >= 0.6 is 0 Å². The van der Waals surface area contributed by atoms with E-state index in [0.29, 0.717) is 11.6 Å². The predicted molar refractivity (Wildman–Crippen MR) is 61.9 cm³/mol. The fraction of sp³-hybridized carbons (Fsp3) is 0.500. The summed E-state index contributed by atoms with van der Waals surface area (Å²) in [6.45, 7) is 1.86. The molecule has 2 rings (SSSR count). The molecule has 0 radical (unpaired) electrons. The second kappa shape index (κ2) is 4.34. The van der Waals surface area contributed by atoms with Crippen molar-refractivity contribution in [2.45, 2.75) is 12.8 Å². The van der Waals surface area contributed by atoms with Crippen molar-refractivity contribution in [1.29, 1.82) is 0 Å². The van der Waals surface area contributed by atoms with Crippen molar-refractivity contribution in [2.75, 3.05) is 30.4 Å². The molecule has 0 bridgehead atoms. The van der Waals surface area contributed by atoms with Crippen molar-refractivity contribution in [3.05, 3.63) is 22.2 Å². The lowest BCUT2D eigenvalue weighted by Crippen LogP contribution is -2.19. The molecule has 0 spiro atoms. The lowest BCUT2D eigenvalue weighted by molar-refractivity contribution is -0.384. The zero-order chi connectivity index (χ0) is 11.5. The first-order valence-electron chi connectivity index (χ1n) is 5.30. The molecular formula is C10H14N4O2. The molecule has 1 aromatic heterocycles. The van der Waals surface area contributed by atoms with Gasteiger partial charge in [-0.3, -0.25) is 10.1 Å². The van der Waals surface area contributed by atoms with E-state index in [2.05, 4.69) is 15.2 Å². The van der Waals surface area contributed by atoms with Crippen LogP contribution in [0.1, 0.15) is 12.8 Å². The van der Waals surface area contributed by atoms with Gasteiger partial charge in [0.2, 0.25) is 0 Å². The van der Waals surface area contributed by atoms with E-state index in [0.717, 1.165) is 25.9 Å². The Hall–Kier alpha value is -1.85. The van der Waals surface area contributed by atoms with E-state index in [1.165, 1.54) is 12.1 Å². The van der Waals surface area contributed by atoms with Crippen molar-refractivity contribution in [3.63, 3.8) is 0 Å². The first kappa shape index (κ1) is 10.7. The van der Waals surface area contributed by atoms with E-state index in [-0.39, 0.29) is 10.6 Å². The predicted octanol–water partition coefficient (Wildman–Crippen LogP) is 1.63. The topological polar surface area (TPSA) is 71.3 Å². The Bertz CT molecular complexity index is 402. The third-order valence-corrected chi connectivity index (χ3v) is 2.69. The van der Waals surface area contributed by atoms with Crippen LogP contribution in [0.4, 0.5) is 17.3 Å². The van der Waals surface area contributed by atoms with E-state index < -0.39 is 0 Å². The SMILES string of the molecule is CNc1cc([N+](=O)[O-])cc(N2CCCC2)n1. The van der Waals surface area contributed by atoms with Gasteiger partial charge in [0.05, 0.1) is 17.1 Å². The van der Waals surface area contributed by atoms with Crippen LogP contribution in [0, 0.1) is 10.1 Å². The third kappa shape index (κ3) is 2.05. The standard InChI is InChI=1S/C10H14N4O2/c1-11-9-6-8(14(15)16)7-10(12-9)13-4-2-3-5-13/h6-7H,2-5H2,1H3,(H,11,12). The summed E-state index contributed by atoms with van der Waals surface area (Å²) >= 11 is 0. The number of nitro groups is 1. The van der Waals surface area contributed by atoms with Gasteiger partial charge in [-0.1, -0.05) is 0 Å². The number of nitrogens with zero attached hydrogens (tertiary/aromatic N) is 3. The molecule has 1 saturated heterocycles. The largest absolute Gasteiger partial charge is 0.373 e. The summed E-state index contributed by atoms with van der Waals surface area (Å²) in [6.07, 6.45) is 2.25. The molecule has 6 nitrogen and oxygen atoms in total. The second-order valence-electron chi connectivity index (χ2n) is 3.77. The molecular weight excluding hydrogens is 208 g/mol. The first-order valence-corrected chi connectivity index (χ1v) is 5.30. The smallest absolute Gasteiger partial charge is 0.276 e. The summed E-state index contributed by atoms with van der Waals surface area (Å²) in [5.74, 6) is 1.23. The molecule has 0 amide bonds. The summed E-state index contributed by atoms with van der Waals surface area (Å²) in [5, 5.41) is 13.6. The van der Waals surface area contributed by atoms with Crippen molar-refractivity contribution in [3.8, 4) is 0 Å². The molecule has 86 valence electrons. The van der Waals surface area contributed by atoms with Crippen LogP contribution in [0.5, 0.6) is 0 Å². The van der Waals surface area contributed by atoms with Crippen LogP contribution in [0.15, 0.2) is 12.1 Å². The summed E-state index contributed by atoms with van der Waals surface area (Å²) in [5.41, 5.74) is 0.0845. The van der Waals surface area contributed by atoms with E-state index in [9.17, 15) is 10.1 Å². The highest BCUT2D eigenvalue weighted by atomic mass is 16.6. The number of anilines is 2. The number of pyridine rings is 1. The van der Waals surface area contributed by atoms with Gasteiger partial charge in [-0.05, 0) is 12.8 Å². The fourth-order valence-corrected chi connectivity index (χ4v) is 1.84. The van der Waals surface area contributed by atoms with Crippen molar-refractivity contribution < 1.29 is 4.92 Å². The minimum absolute atomic E-state index is 0.0845. The first-order chi connectivity index (χ1) is 7.70. The van der Waals surface area contributed by atoms with Gasteiger partial charge in [-0.25, -0.2) is 4.98 Å². The Morgan fingerprint density at radius 2 is 2.12 bits per heavy atom. The summed E-state index contributed by atoms with van der Waals surface area (Å²) in [4.78, 5) is 16.8. The summed E-state index contributed by atoms with van der Waals surface area (Å²) < 4.78 is 0. The van der Waals surface area contributed by atoms with Gasteiger partial charge in [-0.2, -0.15) is 0 Å². The van der Waals surface area contributed by atoms with Gasteiger partial charge in [0.15, 0.2) is 0 Å². The molecule has 0 saturated carbocycles. The Labute approximate surface area is 93.4 Å². The molecule has 0 atom stereocenters. The Morgan fingerprint density at radius 3 is 2.69 bits per heavy atom. The van der Waals surface area contributed by atoms with Crippen molar-refractivity contribution in [1.82, 2.24) is 4.98 Å². The van der Waals surface area contributed by atoms with E-state index >= 15 is 0 Å². The maximum Gasteiger partial charge on any atom is 0.276 e. The minimum atomic E-state index is -0.387. The quantitative estimate of drug-likeness (QED) is 0.621. The maximum absolute atomic E-state index is 10.8. The van der Waals surface area contributed by atoms with Gasteiger partial charge < -0.3 is 10.2 Å². The lowest BCUT2D eigenvalue weighted by atomic mass is 10.3. The molecule has 0 aliphatic carbocycles. The highest BCUT2D eigenvalue weighted by molar-refractivity contribution is 5.56. The molecule has 0 unspecified atom stereocenters. The molecule has 0 aromatic carbocycles. The van der Waals surface area contributed by atoms with Crippen LogP contribution < -0.4 is 10.2 Å². The van der Waals surface area contributed by atoms with Crippen molar-refractivity contribution in [2.24, 2.45) is 0 Å². The minimum Gasteiger partial charge on any atom is -0.373 e. The monoisotopic (exact) mass is 222 g/mol. The zero-order valence-corrected chi connectivity index (χ0v) is 9.14. The van der Waals surface area contributed by atoms with Gasteiger partial charge in [0.25, 0.3) is 5.69 Å². The average molecular weight is 222 g/mol. The van der Waals surface area contributed by atoms with E-state index in [1.807, 2.05) is 0 Å². The van der Waals surface area contributed by atoms with Crippen molar-refractivity contribution >= 4 is 17.3 Å². The fourth-order valence-electron chi connectivity index (χ4n) is 1.84. The van der Waals surface area contributed by atoms with Crippen LogP contribution in [0.2, 0.25) is 0 Å². The molecule has 6 heteroatoms. The Morgan fingerprint density at radius 1 is 1.44 bits per heavy atom. The molecule has 1 aromatic rings. The van der Waals surface area contributed by atoms with Gasteiger partial charge >= 0.3 is 0 Å². The zero-order valence-electron chi connectivity index (χ0n) is 9.14. The van der Waals surface area contributed by atoms with Gasteiger partial charge in [0, 0.05) is 20.1 Å². The normalized spacial score (nSPS) is 15.2. The van der Waals surface area contributed by atoms with Gasteiger partial charge in [-0.15, -0.1) is 0 Å². The molecule has 1 aliphatic heterocycles. The molecule has 2 heterocycles. The number of hydrogen-bond donors (Lipinski definition) is 1. The highest BCUT2D eigenvalue weighted by Crippen LogP contribution is 2.25. The number of hydrogen-bond acceptors (Lipinski definition) is 5. The maximum atomic E-state index is 10.8. The molecule has 1 fully saturated rings. The number of aromatic nitrogens is 1. The number of rotatable bonds is 3. The van der Waals surface area contributed by atoms with E-state index in [1.54, 1.807) is 7.05 Å². The average Bonchev–Trinajstić information content (AvgIpc) is 2.81. The molecule has 1 aliphatic rings. The van der Waals surface area contributed by atoms with Crippen LogP contribution in [-0.2, 0) is 0 Å². The number of nitrogens with one attached hydrogen (secondary N) is 1. The Balaban J connectivity index is 2.35. The third-order valence-electron chi connectivity index (χ3n) is 2.69. The molecule has 16 heavy (non-hydrogen) atoms. The summed E-state index contributed by atoms with van der Waals surface area (Å²) in [7, 11) is 1.71. The van der Waals surface area contributed by atoms with Crippen LogP contribution in [0.25, 0.3) is 0 Å². The van der Waals surface area contributed by atoms with Crippen LogP contribution in [0.3, 0.4) is 0 Å². The second-order valence-corrected chi connectivity index (χ2v) is 3.77. The van der Waals surface area contributed by atoms with Gasteiger partial charge in [0.1, 0.15) is 11.6 Å². The highest BCUT2D eigenvalue weighted by Gasteiger charge is 2.18. The lowest BCUT2D eigenvalue weighted by Gasteiger charge is -2.16.